The largest absolute Gasteiger partial charge is 0.497 e. The Morgan fingerprint density at radius 2 is 1.63 bits per heavy atom. The van der Waals surface area contributed by atoms with E-state index >= 15 is 0 Å². The molecule has 0 radical (unpaired) electrons. The van der Waals surface area contributed by atoms with E-state index in [0.29, 0.717) is 24.2 Å². The molecule has 2 atom stereocenters. The maximum Gasteiger partial charge on any atom is 0.258 e. The van der Waals surface area contributed by atoms with Gasteiger partial charge in [-0.15, -0.1) is 0 Å². The summed E-state index contributed by atoms with van der Waals surface area (Å²) >= 11 is 0. The molecule has 0 fully saturated rings. The molecule has 0 aliphatic carbocycles. The van der Waals surface area contributed by atoms with Crippen molar-refractivity contribution < 1.29 is 14.3 Å². The molecule has 5 heteroatoms. The van der Waals surface area contributed by atoms with Crippen LogP contribution >= 0.6 is 0 Å². The summed E-state index contributed by atoms with van der Waals surface area (Å²) in [4.78, 5) is 31.0. The smallest absolute Gasteiger partial charge is 0.258 e. The van der Waals surface area contributed by atoms with Gasteiger partial charge in [-0.25, -0.2) is 0 Å². The zero-order valence-corrected chi connectivity index (χ0v) is 20.8. The second-order valence-electron chi connectivity index (χ2n) is 9.12. The summed E-state index contributed by atoms with van der Waals surface area (Å²) in [5.41, 5.74) is 3.34. The van der Waals surface area contributed by atoms with Crippen LogP contribution in [0.1, 0.15) is 67.9 Å². The third-order valence-electron chi connectivity index (χ3n) is 6.73. The van der Waals surface area contributed by atoms with Crippen LogP contribution in [-0.4, -0.2) is 25.0 Å². The van der Waals surface area contributed by atoms with Crippen molar-refractivity contribution in [1.29, 1.82) is 0 Å². The van der Waals surface area contributed by atoms with Crippen LogP contribution in [-0.2, 0) is 4.79 Å². The summed E-state index contributed by atoms with van der Waals surface area (Å²) in [6.07, 6.45) is 4.24. The number of benzene rings is 3. The standard InChI is InChI=1S/C30H34N2O3/c1-4-5-7-16-29(33)31-22(2)21-28(26-14-10-11-15-27(26)31)32(24-12-8-6-9-13-24)30(34)23-17-19-25(35-3)20-18-23/h6,8-15,17-20,22,28H,4-5,7,16,21H2,1-3H3/t22-,28+/m1/s1. The van der Waals surface area contributed by atoms with Crippen molar-refractivity contribution in [2.75, 3.05) is 16.9 Å². The van der Waals surface area contributed by atoms with Crippen molar-refractivity contribution in [3.8, 4) is 5.75 Å². The number of fused-ring (bicyclic) bond motifs is 1. The molecule has 1 aliphatic rings. The average Bonchev–Trinajstić information content (AvgIpc) is 2.89. The van der Waals surface area contributed by atoms with Gasteiger partial charge in [0.1, 0.15) is 5.75 Å². The fraction of sp³-hybridized carbons (Fsp3) is 0.333. The first kappa shape index (κ1) is 24.5. The molecule has 3 aromatic rings. The predicted octanol–water partition coefficient (Wildman–Crippen LogP) is 6.79. The van der Waals surface area contributed by atoms with Crippen LogP contribution < -0.4 is 14.5 Å². The Balaban J connectivity index is 1.74. The number of methoxy groups -OCH3 is 1. The summed E-state index contributed by atoms with van der Waals surface area (Å²) < 4.78 is 5.28. The third-order valence-corrected chi connectivity index (χ3v) is 6.73. The number of hydrogen-bond donors (Lipinski definition) is 0. The lowest BCUT2D eigenvalue weighted by atomic mass is 9.89. The molecular weight excluding hydrogens is 436 g/mol. The first-order valence-electron chi connectivity index (χ1n) is 12.5. The summed E-state index contributed by atoms with van der Waals surface area (Å²) in [6.45, 7) is 4.23. The first-order valence-corrected chi connectivity index (χ1v) is 12.5. The molecular formula is C30H34N2O3. The fourth-order valence-electron chi connectivity index (χ4n) is 4.95. The van der Waals surface area contributed by atoms with E-state index in [1.54, 1.807) is 19.2 Å². The van der Waals surface area contributed by atoms with Crippen LogP contribution in [0.25, 0.3) is 0 Å². The van der Waals surface area contributed by atoms with Gasteiger partial charge < -0.3 is 14.5 Å². The van der Waals surface area contributed by atoms with E-state index in [4.69, 9.17) is 4.74 Å². The molecule has 1 heterocycles. The maximum atomic E-state index is 14.0. The quantitative estimate of drug-likeness (QED) is 0.341. The van der Waals surface area contributed by atoms with Crippen molar-refractivity contribution >= 4 is 23.2 Å². The minimum Gasteiger partial charge on any atom is -0.497 e. The minimum absolute atomic E-state index is 0.0288. The second kappa shape index (κ2) is 11.2. The van der Waals surface area contributed by atoms with Crippen LogP contribution in [0.2, 0.25) is 0 Å². The van der Waals surface area contributed by atoms with Crippen LogP contribution in [0.3, 0.4) is 0 Å². The number of hydrogen-bond acceptors (Lipinski definition) is 3. The van der Waals surface area contributed by atoms with E-state index in [2.05, 4.69) is 19.9 Å². The molecule has 0 bridgehead atoms. The normalized spacial score (nSPS) is 16.9. The van der Waals surface area contributed by atoms with Gasteiger partial charge in [0.2, 0.25) is 5.91 Å². The topological polar surface area (TPSA) is 49.9 Å². The SMILES string of the molecule is CCCCCC(=O)N1c2ccccc2[C@@H](N(C(=O)c2ccc(OC)cc2)c2ccccc2)C[C@H]1C. The average molecular weight is 471 g/mol. The zero-order valence-electron chi connectivity index (χ0n) is 20.8. The number of carbonyl (C=O) groups is 2. The second-order valence-corrected chi connectivity index (χ2v) is 9.12. The number of carbonyl (C=O) groups excluding carboxylic acids is 2. The number of nitrogens with zero attached hydrogens (tertiary/aromatic N) is 2. The highest BCUT2D eigenvalue weighted by atomic mass is 16.5. The van der Waals surface area contributed by atoms with Gasteiger partial charge in [-0.2, -0.15) is 0 Å². The lowest BCUT2D eigenvalue weighted by molar-refractivity contribution is -0.119. The Labute approximate surface area is 208 Å². The predicted molar refractivity (Wildman–Crippen MR) is 141 cm³/mol. The summed E-state index contributed by atoms with van der Waals surface area (Å²) in [5, 5.41) is 0. The molecule has 0 N–H and O–H groups in total. The molecule has 0 saturated carbocycles. The number of ether oxygens (including phenoxy) is 1. The molecule has 2 amide bonds. The van der Waals surface area contributed by atoms with Crippen LogP contribution in [0, 0.1) is 0 Å². The van der Waals surface area contributed by atoms with Gasteiger partial charge in [-0.05, 0) is 67.8 Å². The molecule has 0 unspecified atom stereocenters. The van der Waals surface area contributed by atoms with Gasteiger partial charge in [0.15, 0.2) is 0 Å². The molecule has 182 valence electrons. The molecule has 4 rings (SSSR count). The molecule has 0 saturated heterocycles. The van der Waals surface area contributed by atoms with Gasteiger partial charge in [0, 0.05) is 29.4 Å². The number of anilines is 2. The lowest BCUT2D eigenvalue weighted by Gasteiger charge is -2.43. The molecule has 0 spiro atoms. The summed E-state index contributed by atoms with van der Waals surface area (Å²) in [7, 11) is 1.61. The third kappa shape index (κ3) is 5.24. The number of rotatable bonds is 8. The van der Waals surface area contributed by atoms with E-state index in [9.17, 15) is 9.59 Å². The van der Waals surface area contributed by atoms with Crippen molar-refractivity contribution in [1.82, 2.24) is 0 Å². The van der Waals surface area contributed by atoms with Gasteiger partial charge >= 0.3 is 0 Å². The van der Waals surface area contributed by atoms with E-state index < -0.39 is 0 Å². The highest BCUT2D eigenvalue weighted by Crippen LogP contribution is 2.43. The van der Waals surface area contributed by atoms with E-state index in [1.165, 1.54) is 0 Å². The van der Waals surface area contributed by atoms with E-state index in [0.717, 1.165) is 36.2 Å². The van der Waals surface area contributed by atoms with Crippen LogP contribution in [0.4, 0.5) is 11.4 Å². The zero-order chi connectivity index (χ0) is 24.8. The monoisotopic (exact) mass is 470 g/mol. The van der Waals surface area contributed by atoms with E-state index in [-0.39, 0.29) is 23.9 Å². The van der Waals surface area contributed by atoms with Crippen LogP contribution in [0.15, 0.2) is 78.9 Å². The Morgan fingerprint density at radius 3 is 2.31 bits per heavy atom. The fourth-order valence-corrected chi connectivity index (χ4v) is 4.95. The Bertz CT molecular complexity index is 1140. The Morgan fingerprint density at radius 1 is 0.943 bits per heavy atom. The summed E-state index contributed by atoms with van der Waals surface area (Å²) in [5.74, 6) is 0.792. The van der Waals surface area contributed by atoms with Gasteiger partial charge in [-0.1, -0.05) is 56.2 Å². The van der Waals surface area contributed by atoms with E-state index in [1.807, 2.05) is 70.5 Å². The highest BCUT2D eigenvalue weighted by Gasteiger charge is 2.38. The van der Waals surface area contributed by atoms with Gasteiger partial charge in [0.25, 0.3) is 5.91 Å². The lowest BCUT2D eigenvalue weighted by Crippen LogP contribution is -2.47. The van der Waals surface area contributed by atoms with Gasteiger partial charge in [0.05, 0.1) is 13.2 Å². The van der Waals surface area contributed by atoms with Crippen molar-refractivity contribution in [3.63, 3.8) is 0 Å². The number of amides is 2. The highest BCUT2D eigenvalue weighted by molar-refractivity contribution is 6.07. The Hall–Kier alpha value is -3.60. The molecule has 1 aliphatic heterocycles. The summed E-state index contributed by atoms with van der Waals surface area (Å²) in [6, 6.07) is 24.8. The van der Waals surface area contributed by atoms with Gasteiger partial charge in [-0.3, -0.25) is 9.59 Å². The van der Waals surface area contributed by atoms with Crippen molar-refractivity contribution in [2.45, 2.75) is 58.0 Å². The van der Waals surface area contributed by atoms with Crippen molar-refractivity contribution in [3.05, 3.63) is 90.0 Å². The molecule has 35 heavy (non-hydrogen) atoms. The minimum atomic E-state index is -0.196. The van der Waals surface area contributed by atoms with Crippen LogP contribution in [0.5, 0.6) is 5.75 Å². The first-order chi connectivity index (χ1) is 17.0. The number of para-hydroxylation sites is 2. The molecule has 0 aromatic heterocycles. The van der Waals surface area contributed by atoms with Crippen molar-refractivity contribution in [2.24, 2.45) is 0 Å². The molecule has 5 nitrogen and oxygen atoms in total. The Kier molecular flexibility index (Phi) is 7.86. The molecule has 3 aromatic carbocycles. The number of unbranched alkanes of at least 4 members (excludes halogenated alkanes) is 2. The maximum absolute atomic E-state index is 14.0.